The van der Waals surface area contributed by atoms with Gasteiger partial charge in [0.15, 0.2) is 0 Å². The van der Waals surface area contributed by atoms with Gasteiger partial charge in [-0.15, -0.1) is 11.3 Å². The Morgan fingerprint density at radius 1 is 1.26 bits per heavy atom. The Labute approximate surface area is 232 Å². The predicted octanol–water partition coefficient (Wildman–Crippen LogP) is 5.92. The molecule has 2 heterocycles. The highest BCUT2D eigenvalue weighted by atomic mass is 32.2. The first-order valence-corrected chi connectivity index (χ1v) is 13.8. The summed E-state index contributed by atoms with van der Waals surface area (Å²) < 4.78 is 55.7. The summed E-state index contributed by atoms with van der Waals surface area (Å²) in [6.07, 6.45) is 0.767. The summed E-state index contributed by atoms with van der Waals surface area (Å²) in [6, 6.07) is 9.65. The quantitative estimate of drug-likeness (QED) is 0.126. The van der Waals surface area contributed by atoms with Crippen molar-refractivity contribution in [2.24, 2.45) is 5.16 Å². The molecule has 0 radical (unpaired) electrons. The Balaban J connectivity index is 1.57. The molecule has 0 spiro atoms. The molecule has 210 valence electrons. The van der Waals surface area contributed by atoms with Crippen LogP contribution in [0.15, 0.2) is 46.4 Å². The summed E-state index contributed by atoms with van der Waals surface area (Å²) in [4.78, 5) is 19.5. The summed E-state index contributed by atoms with van der Waals surface area (Å²) in [5.41, 5.74) is -2.06. The second-order valence-corrected chi connectivity index (χ2v) is 11.2. The number of piperidine rings is 1. The third kappa shape index (κ3) is 7.14. The lowest BCUT2D eigenvalue weighted by molar-refractivity contribution is -0.0327. The molecule has 2 aromatic carbocycles. The molecule has 1 aliphatic rings. The van der Waals surface area contributed by atoms with Crippen molar-refractivity contribution in [1.29, 1.82) is 0 Å². The number of rotatable bonds is 9. The molecule has 39 heavy (non-hydrogen) atoms. The van der Waals surface area contributed by atoms with E-state index in [-0.39, 0.29) is 34.0 Å². The average Bonchev–Trinajstić information content (AvgIpc) is 3.24. The first-order chi connectivity index (χ1) is 18.6. The van der Waals surface area contributed by atoms with E-state index >= 15 is 0 Å². The van der Waals surface area contributed by atoms with Crippen LogP contribution in [0.5, 0.6) is 0 Å². The van der Waals surface area contributed by atoms with E-state index in [9.17, 15) is 22.4 Å². The maximum atomic E-state index is 14.7. The molecule has 0 bridgehead atoms. The Morgan fingerprint density at radius 3 is 2.74 bits per heavy atom. The van der Waals surface area contributed by atoms with Gasteiger partial charge in [-0.25, -0.2) is 4.39 Å². The fourth-order valence-corrected chi connectivity index (χ4v) is 6.38. The van der Waals surface area contributed by atoms with Gasteiger partial charge in [0, 0.05) is 54.3 Å². The standard InChI is InChI=1S/C26H29F4N5O2S2/c1-31-21-11-15(25(36)32-2)7-8-16(21)14-37-33-12-22-24(39-26(28,29)30)17-5-4-6-20(23(17)38-22)34-19-9-10-35(3)13-18(19)27/h4-8,11-12,18-19,31,34H,9-10,13-14H2,1-3H3,(H,32,36)/b33-12+/t18-,19+/m0/s1. The lowest BCUT2D eigenvalue weighted by Crippen LogP contribution is -2.46. The van der Waals surface area contributed by atoms with Gasteiger partial charge in [-0.1, -0.05) is 23.4 Å². The molecular weight excluding hydrogens is 554 g/mol. The second kappa shape index (κ2) is 12.4. The summed E-state index contributed by atoms with van der Waals surface area (Å²) in [6.45, 7) is 1.06. The Kier molecular flexibility index (Phi) is 9.23. The van der Waals surface area contributed by atoms with Crippen LogP contribution in [0.4, 0.5) is 28.9 Å². The van der Waals surface area contributed by atoms with Crippen LogP contribution in [-0.2, 0) is 11.4 Å². The highest BCUT2D eigenvalue weighted by Crippen LogP contribution is 2.47. The number of likely N-dealkylation sites (tertiary alicyclic amines) is 1. The van der Waals surface area contributed by atoms with E-state index in [4.69, 9.17) is 4.84 Å². The minimum absolute atomic E-state index is 0.0181. The molecule has 0 unspecified atom stereocenters. The van der Waals surface area contributed by atoms with Gasteiger partial charge in [-0.2, -0.15) is 13.2 Å². The molecule has 0 aliphatic carbocycles. The highest BCUT2D eigenvalue weighted by molar-refractivity contribution is 8.00. The zero-order valence-electron chi connectivity index (χ0n) is 21.6. The van der Waals surface area contributed by atoms with E-state index in [1.54, 1.807) is 43.4 Å². The van der Waals surface area contributed by atoms with Crippen LogP contribution in [0.25, 0.3) is 10.1 Å². The van der Waals surface area contributed by atoms with Crippen molar-refractivity contribution >= 4 is 56.7 Å². The summed E-state index contributed by atoms with van der Waals surface area (Å²) >= 11 is 0.934. The fourth-order valence-electron chi connectivity index (χ4n) is 4.37. The molecule has 13 heteroatoms. The number of carbonyl (C=O) groups excluding carboxylic acids is 1. The van der Waals surface area contributed by atoms with Crippen molar-refractivity contribution in [3.8, 4) is 0 Å². The van der Waals surface area contributed by atoms with Gasteiger partial charge < -0.3 is 25.7 Å². The van der Waals surface area contributed by atoms with Crippen LogP contribution >= 0.6 is 23.1 Å². The van der Waals surface area contributed by atoms with Crippen molar-refractivity contribution in [3.05, 3.63) is 52.4 Å². The van der Waals surface area contributed by atoms with Crippen molar-refractivity contribution < 1.29 is 27.2 Å². The zero-order chi connectivity index (χ0) is 28.2. The van der Waals surface area contributed by atoms with E-state index in [0.717, 1.165) is 17.9 Å². The number of thioether (sulfide) groups is 1. The largest absolute Gasteiger partial charge is 0.446 e. The number of amides is 1. The number of hydrogen-bond acceptors (Lipinski definition) is 8. The topological polar surface area (TPSA) is 78.0 Å². The molecule has 3 aromatic rings. The third-order valence-corrected chi connectivity index (χ3v) is 8.51. The molecule has 4 rings (SSSR count). The van der Waals surface area contributed by atoms with E-state index in [1.807, 2.05) is 11.9 Å². The first kappa shape index (κ1) is 29.0. The number of nitrogens with zero attached hydrogens (tertiary/aromatic N) is 2. The van der Waals surface area contributed by atoms with Crippen LogP contribution < -0.4 is 16.0 Å². The van der Waals surface area contributed by atoms with E-state index in [0.29, 0.717) is 45.6 Å². The maximum absolute atomic E-state index is 14.7. The molecular formula is C26H29F4N5O2S2. The third-order valence-electron chi connectivity index (χ3n) is 6.33. The van der Waals surface area contributed by atoms with Crippen LogP contribution in [0, 0.1) is 0 Å². The zero-order valence-corrected chi connectivity index (χ0v) is 23.2. The lowest BCUT2D eigenvalue weighted by atomic mass is 10.0. The normalized spacial score (nSPS) is 18.4. The monoisotopic (exact) mass is 583 g/mol. The van der Waals surface area contributed by atoms with Gasteiger partial charge in [-0.05, 0) is 43.4 Å². The average molecular weight is 584 g/mol. The molecule has 1 amide bonds. The smallest absolute Gasteiger partial charge is 0.391 e. The Hall–Kier alpha value is -3.03. The minimum atomic E-state index is -4.51. The molecule has 1 saturated heterocycles. The molecule has 1 aromatic heterocycles. The summed E-state index contributed by atoms with van der Waals surface area (Å²) in [5, 5.41) is 13.1. The first-order valence-electron chi connectivity index (χ1n) is 12.2. The molecule has 3 N–H and O–H groups in total. The summed E-state index contributed by atoms with van der Waals surface area (Å²) in [7, 11) is 5.10. The van der Waals surface area contributed by atoms with E-state index in [2.05, 4.69) is 21.1 Å². The summed E-state index contributed by atoms with van der Waals surface area (Å²) in [5.74, 6) is -0.233. The van der Waals surface area contributed by atoms with Crippen LogP contribution in [-0.4, -0.2) is 69.0 Å². The van der Waals surface area contributed by atoms with Gasteiger partial charge >= 0.3 is 5.51 Å². The van der Waals surface area contributed by atoms with Gasteiger partial charge in [0.1, 0.15) is 12.8 Å². The SMILES string of the molecule is CNC(=O)c1ccc(CO/N=C/c2sc3c(N[C@@H]4CCN(C)C[C@@H]4F)cccc3c2SC(F)(F)F)c(NC)c1. The van der Waals surface area contributed by atoms with E-state index in [1.165, 1.54) is 13.3 Å². The fraction of sp³-hybridized carbons (Fsp3) is 0.385. The Bertz CT molecular complexity index is 1350. The number of benzene rings is 2. The van der Waals surface area contributed by atoms with Gasteiger partial charge in [0.2, 0.25) is 0 Å². The number of anilines is 2. The number of halogens is 4. The van der Waals surface area contributed by atoms with Crippen LogP contribution in [0.1, 0.15) is 27.2 Å². The molecule has 1 aliphatic heterocycles. The number of hydrogen-bond donors (Lipinski definition) is 3. The van der Waals surface area contributed by atoms with Crippen LogP contribution in [0.3, 0.4) is 0 Å². The number of carbonyl (C=O) groups is 1. The van der Waals surface area contributed by atoms with Crippen LogP contribution in [0.2, 0.25) is 0 Å². The second-order valence-electron chi connectivity index (χ2n) is 9.05. The molecule has 1 fully saturated rings. The lowest BCUT2D eigenvalue weighted by Gasteiger charge is -2.33. The van der Waals surface area contributed by atoms with Gasteiger partial charge in [0.05, 0.1) is 27.5 Å². The van der Waals surface area contributed by atoms with Crippen molar-refractivity contribution in [2.75, 3.05) is 44.9 Å². The molecule has 0 saturated carbocycles. The van der Waals surface area contributed by atoms with Crippen molar-refractivity contribution in [1.82, 2.24) is 10.2 Å². The number of thiophene rings is 1. The van der Waals surface area contributed by atoms with Crippen molar-refractivity contribution in [2.45, 2.75) is 35.6 Å². The highest BCUT2D eigenvalue weighted by Gasteiger charge is 2.33. The number of oxime groups is 1. The molecule has 7 nitrogen and oxygen atoms in total. The number of nitrogens with one attached hydrogen (secondary N) is 3. The minimum Gasteiger partial charge on any atom is -0.391 e. The predicted molar refractivity (Wildman–Crippen MR) is 150 cm³/mol. The van der Waals surface area contributed by atoms with Gasteiger partial charge in [-0.3, -0.25) is 4.79 Å². The van der Waals surface area contributed by atoms with Crippen molar-refractivity contribution in [3.63, 3.8) is 0 Å². The van der Waals surface area contributed by atoms with Gasteiger partial charge in [0.25, 0.3) is 5.91 Å². The maximum Gasteiger partial charge on any atom is 0.446 e. The number of alkyl halides is 4. The van der Waals surface area contributed by atoms with E-state index < -0.39 is 17.7 Å². The molecule has 2 atom stereocenters. The Morgan fingerprint density at radius 2 is 2.05 bits per heavy atom. The number of fused-ring (bicyclic) bond motifs is 1.